The van der Waals surface area contributed by atoms with Crippen LogP contribution in [0, 0.1) is 0 Å². The monoisotopic (exact) mass is 298 g/mol. The summed E-state index contributed by atoms with van der Waals surface area (Å²) in [5.41, 5.74) is 1.37. The lowest BCUT2D eigenvalue weighted by Gasteiger charge is -2.32. The van der Waals surface area contributed by atoms with Crippen LogP contribution in [0.4, 0.5) is 0 Å². The molecule has 0 aliphatic carbocycles. The van der Waals surface area contributed by atoms with E-state index in [1.54, 1.807) is 19.1 Å². The molecule has 20 heavy (non-hydrogen) atoms. The average Bonchev–Trinajstić information content (AvgIpc) is 2.46. The Morgan fingerprint density at radius 3 is 2.65 bits per heavy atom. The van der Waals surface area contributed by atoms with Gasteiger partial charge >= 0.3 is 7.05 Å². The van der Waals surface area contributed by atoms with Gasteiger partial charge in [-0.2, -0.15) is 0 Å². The molecule has 7 heteroatoms. The molecule has 1 saturated heterocycles. The Hall–Kier alpha value is -0.655. The molecule has 1 aromatic heterocycles. The van der Waals surface area contributed by atoms with E-state index in [2.05, 4.69) is 4.98 Å². The van der Waals surface area contributed by atoms with Crippen LogP contribution in [0.3, 0.4) is 0 Å². The van der Waals surface area contributed by atoms with Crippen molar-refractivity contribution in [3.05, 3.63) is 28.5 Å². The molecule has 1 aliphatic rings. The molecule has 110 valence electrons. The zero-order valence-electron chi connectivity index (χ0n) is 11.5. The van der Waals surface area contributed by atoms with Crippen molar-refractivity contribution in [1.29, 1.82) is 0 Å². The number of pyridine rings is 1. The van der Waals surface area contributed by atoms with Gasteiger partial charge in [0.05, 0.1) is 17.3 Å². The Bertz CT molecular complexity index is 453. The minimum atomic E-state index is -0.939. The van der Waals surface area contributed by atoms with Crippen LogP contribution in [0.15, 0.2) is 12.3 Å². The molecule has 1 atom stereocenters. The van der Waals surface area contributed by atoms with Crippen molar-refractivity contribution in [2.45, 2.75) is 31.7 Å². The predicted octanol–water partition coefficient (Wildman–Crippen LogP) is 1.05. The highest BCUT2D eigenvalue weighted by molar-refractivity contribution is 6.45. The molecule has 2 rings (SSSR count). The maximum atomic E-state index is 9.57. The molecular weight excluding hydrogens is 278 g/mol. The van der Waals surface area contributed by atoms with E-state index >= 15 is 0 Å². The second-order valence-electron chi connectivity index (χ2n) is 5.28. The SMILES string of the molecule is CB(O)N1CCC(c2ncc([C@H](O)CO)cc2Cl)CC1. The van der Waals surface area contributed by atoms with Crippen LogP contribution in [0.2, 0.25) is 11.8 Å². The average molecular weight is 299 g/mol. The molecule has 0 radical (unpaired) electrons. The Kier molecular flexibility index (Phi) is 5.40. The van der Waals surface area contributed by atoms with Gasteiger partial charge in [-0.25, -0.2) is 0 Å². The van der Waals surface area contributed by atoms with Crippen molar-refractivity contribution in [3.63, 3.8) is 0 Å². The van der Waals surface area contributed by atoms with Gasteiger partial charge in [0.2, 0.25) is 0 Å². The van der Waals surface area contributed by atoms with Crippen LogP contribution in [-0.4, -0.2) is 51.8 Å². The number of nitrogens with zero attached hydrogens (tertiary/aromatic N) is 2. The van der Waals surface area contributed by atoms with E-state index in [1.165, 1.54) is 0 Å². The van der Waals surface area contributed by atoms with Gasteiger partial charge in [0.15, 0.2) is 0 Å². The summed E-state index contributed by atoms with van der Waals surface area (Å²) in [5.74, 6) is 0.276. The maximum absolute atomic E-state index is 9.57. The van der Waals surface area contributed by atoms with E-state index in [0.717, 1.165) is 31.6 Å². The van der Waals surface area contributed by atoms with Gasteiger partial charge in [-0.05, 0) is 38.8 Å². The molecule has 1 aliphatic heterocycles. The van der Waals surface area contributed by atoms with E-state index < -0.39 is 13.2 Å². The van der Waals surface area contributed by atoms with Crippen molar-refractivity contribution in [1.82, 2.24) is 9.79 Å². The van der Waals surface area contributed by atoms with Gasteiger partial charge in [-0.3, -0.25) is 4.98 Å². The quantitative estimate of drug-likeness (QED) is 0.724. The van der Waals surface area contributed by atoms with E-state index in [0.29, 0.717) is 10.6 Å². The van der Waals surface area contributed by atoms with Crippen molar-refractivity contribution in [3.8, 4) is 0 Å². The third-order valence-corrected chi connectivity index (χ3v) is 4.20. The fourth-order valence-corrected chi connectivity index (χ4v) is 2.93. The van der Waals surface area contributed by atoms with Gasteiger partial charge in [0.25, 0.3) is 0 Å². The summed E-state index contributed by atoms with van der Waals surface area (Å²) in [5, 5.41) is 28.6. The third-order valence-electron chi connectivity index (χ3n) is 3.89. The van der Waals surface area contributed by atoms with Crippen molar-refractivity contribution >= 4 is 18.7 Å². The fraction of sp³-hybridized carbons (Fsp3) is 0.615. The first kappa shape index (κ1) is 15.7. The van der Waals surface area contributed by atoms with Crippen LogP contribution >= 0.6 is 11.6 Å². The van der Waals surface area contributed by atoms with Gasteiger partial charge in [0.1, 0.15) is 6.10 Å². The largest absolute Gasteiger partial charge is 0.437 e. The lowest BCUT2D eigenvalue weighted by Crippen LogP contribution is -2.42. The zero-order chi connectivity index (χ0) is 14.7. The zero-order valence-corrected chi connectivity index (χ0v) is 12.3. The van der Waals surface area contributed by atoms with Gasteiger partial charge in [0, 0.05) is 17.7 Å². The third kappa shape index (κ3) is 3.51. The van der Waals surface area contributed by atoms with E-state index in [1.807, 2.05) is 4.81 Å². The van der Waals surface area contributed by atoms with Gasteiger partial charge < -0.3 is 20.0 Å². The smallest absolute Gasteiger partial charge is 0.376 e. The number of hydrogen-bond donors (Lipinski definition) is 3. The molecule has 1 aromatic rings. The minimum absolute atomic E-state index is 0.276. The van der Waals surface area contributed by atoms with E-state index in [9.17, 15) is 10.1 Å². The molecule has 2 heterocycles. The lowest BCUT2D eigenvalue weighted by atomic mass is 9.80. The summed E-state index contributed by atoms with van der Waals surface area (Å²) >= 11 is 6.24. The molecule has 0 bridgehead atoms. The Labute approximate surface area is 124 Å². The topological polar surface area (TPSA) is 76.8 Å². The number of aromatic nitrogens is 1. The summed E-state index contributed by atoms with van der Waals surface area (Å²) in [6.45, 7) is 3.07. The molecular formula is C13H20BClN2O3. The first-order valence-corrected chi connectivity index (χ1v) is 7.27. The number of halogens is 1. The molecule has 0 unspecified atom stereocenters. The second-order valence-corrected chi connectivity index (χ2v) is 5.68. The van der Waals surface area contributed by atoms with Crippen LogP contribution in [0.5, 0.6) is 0 Å². The molecule has 0 saturated carbocycles. The molecule has 5 nitrogen and oxygen atoms in total. The van der Waals surface area contributed by atoms with E-state index in [-0.39, 0.29) is 12.5 Å². The van der Waals surface area contributed by atoms with Crippen LogP contribution in [0.25, 0.3) is 0 Å². The highest BCUT2D eigenvalue weighted by Gasteiger charge is 2.27. The Balaban J connectivity index is 2.07. The molecule has 3 N–H and O–H groups in total. The normalized spacial score (nSPS) is 19.1. The van der Waals surface area contributed by atoms with E-state index in [4.69, 9.17) is 16.7 Å². The first-order chi connectivity index (χ1) is 9.52. The summed E-state index contributed by atoms with van der Waals surface area (Å²) in [6.07, 6.45) is 2.44. The standard InChI is InChI=1S/C13H20BClN2O3/c1-14(20)17-4-2-9(3-5-17)13-11(15)6-10(7-16-13)12(19)8-18/h6-7,9,12,18-20H,2-5,8H2,1H3/t12-/m1/s1. The van der Waals surface area contributed by atoms with Crippen molar-refractivity contribution in [2.75, 3.05) is 19.7 Å². The van der Waals surface area contributed by atoms with Crippen molar-refractivity contribution < 1.29 is 15.2 Å². The summed E-state index contributed by atoms with van der Waals surface area (Å²) in [7, 11) is -0.415. The predicted molar refractivity (Wildman–Crippen MR) is 78.7 cm³/mol. The molecule has 1 fully saturated rings. The van der Waals surface area contributed by atoms with Gasteiger partial charge in [-0.15, -0.1) is 0 Å². The highest BCUT2D eigenvalue weighted by atomic mass is 35.5. The fourth-order valence-electron chi connectivity index (χ4n) is 2.60. The number of piperidine rings is 1. The van der Waals surface area contributed by atoms with Crippen LogP contribution < -0.4 is 0 Å². The maximum Gasteiger partial charge on any atom is 0.376 e. The minimum Gasteiger partial charge on any atom is -0.437 e. The number of aliphatic hydroxyl groups excluding tert-OH is 2. The molecule has 0 amide bonds. The lowest BCUT2D eigenvalue weighted by molar-refractivity contribution is 0.0953. The molecule has 0 aromatic carbocycles. The number of hydrogen-bond acceptors (Lipinski definition) is 5. The van der Waals surface area contributed by atoms with Crippen LogP contribution in [-0.2, 0) is 0 Å². The van der Waals surface area contributed by atoms with Crippen molar-refractivity contribution in [2.24, 2.45) is 0 Å². The second kappa shape index (κ2) is 6.87. The first-order valence-electron chi connectivity index (χ1n) is 6.89. The summed E-state index contributed by atoms with van der Waals surface area (Å²) in [6, 6.07) is 1.67. The highest BCUT2D eigenvalue weighted by Crippen LogP contribution is 2.32. The Morgan fingerprint density at radius 1 is 1.50 bits per heavy atom. The summed E-state index contributed by atoms with van der Waals surface area (Å²) < 4.78 is 0. The number of rotatable bonds is 4. The van der Waals surface area contributed by atoms with Crippen LogP contribution in [0.1, 0.15) is 36.1 Å². The number of aliphatic hydroxyl groups is 2. The molecule has 0 spiro atoms. The summed E-state index contributed by atoms with van der Waals surface area (Å²) in [4.78, 5) is 6.38. The van der Waals surface area contributed by atoms with Gasteiger partial charge in [-0.1, -0.05) is 11.6 Å². The Morgan fingerprint density at radius 2 is 2.15 bits per heavy atom.